The molecule has 1 N–H and O–H groups in total. The van der Waals surface area contributed by atoms with E-state index in [2.05, 4.69) is 10.3 Å². The minimum absolute atomic E-state index is 0.00317. The molecule has 0 bridgehead atoms. The molecule has 1 aliphatic heterocycles. The van der Waals surface area contributed by atoms with Gasteiger partial charge in [-0.25, -0.2) is 4.98 Å². The number of carbonyl (C=O) groups excluding carboxylic acids is 1. The minimum Gasteiger partial charge on any atom is -0.355 e. The van der Waals surface area contributed by atoms with Gasteiger partial charge in [0.05, 0.1) is 5.56 Å². The van der Waals surface area contributed by atoms with E-state index in [-0.39, 0.29) is 11.9 Å². The zero-order valence-electron chi connectivity index (χ0n) is 14.1. The van der Waals surface area contributed by atoms with E-state index < -0.39 is 11.7 Å². The summed E-state index contributed by atoms with van der Waals surface area (Å²) in [4.78, 5) is 18.0. The fraction of sp³-hybridized carbons (Fsp3) is 0.444. The van der Waals surface area contributed by atoms with E-state index in [1.54, 1.807) is 11.3 Å². The van der Waals surface area contributed by atoms with Gasteiger partial charge in [0.15, 0.2) is 0 Å². The zero-order chi connectivity index (χ0) is 18.6. The molecule has 4 nitrogen and oxygen atoms in total. The number of rotatable bonds is 5. The molecule has 1 saturated heterocycles. The molecule has 0 aromatic carbocycles. The molecule has 1 fully saturated rings. The Bertz CT molecular complexity index is 716. The highest BCUT2D eigenvalue weighted by molar-refractivity contribution is 7.07. The van der Waals surface area contributed by atoms with Crippen LogP contribution in [0, 0.1) is 0 Å². The Morgan fingerprint density at radius 3 is 2.85 bits per heavy atom. The first-order chi connectivity index (χ1) is 12.4. The summed E-state index contributed by atoms with van der Waals surface area (Å²) >= 11 is 1.61. The van der Waals surface area contributed by atoms with E-state index in [4.69, 9.17) is 0 Å². The van der Waals surface area contributed by atoms with Crippen molar-refractivity contribution in [3.8, 4) is 0 Å². The highest BCUT2D eigenvalue weighted by atomic mass is 32.1. The Labute approximate surface area is 154 Å². The summed E-state index contributed by atoms with van der Waals surface area (Å²) in [5.74, 6) is 0.513. The Balaban J connectivity index is 1.52. The van der Waals surface area contributed by atoms with Crippen molar-refractivity contribution in [2.24, 2.45) is 0 Å². The van der Waals surface area contributed by atoms with Crippen molar-refractivity contribution in [2.75, 3.05) is 18.0 Å². The van der Waals surface area contributed by atoms with Gasteiger partial charge in [-0.3, -0.25) is 4.79 Å². The first-order valence-electron chi connectivity index (χ1n) is 8.50. The van der Waals surface area contributed by atoms with Gasteiger partial charge < -0.3 is 10.2 Å². The molecule has 0 saturated carbocycles. The molecule has 1 atom stereocenters. The van der Waals surface area contributed by atoms with Gasteiger partial charge in [0.2, 0.25) is 5.91 Å². The van der Waals surface area contributed by atoms with Crippen molar-refractivity contribution in [1.29, 1.82) is 0 Å². The van der Waals surface area contributed by atoms with E-state index >= 15 is 0 Å². The predicted molar refractivity (Wildman–Crippen MR) is 95.3 cm³/mol. The van der Waals surface area contributed by atoms with Crippen LogP contribution in [0.5, 0.6) is 0 Å². The molecule has 140 valence electrons. The molecule has 0 spiro atoms. The smallest absolute Gasteiger partial charge is 0.355 e. The molecule has 2 aromatic heterocycles. The zero-order valence-corrected chi connectivity index (χ0v) is 14.9. The third kappa shape index (κ3) is 4.97. The summed E-state index contributed by atoms with van der Waals surface area (Å²) in [7, 11) is 0. The second kappa shape index (κ2) is 8.07. The number of aromatic nitrogens is 1. The summed E-state index contributed by atoms with van der Waals surface area (Å²) in [5.41, 5.74) is 0.404. The minimum atomic E-state index is -4.38. The lowest BCUT2D eigenvalue weighted by atomic mass is 10.0. The molecule has 0 unspecified atom stereocenters. The van der Waals surface area contributed by atoms with Crippen LogP contribution < -0.4 is 10.2 Å². The van der Waals surface area contributed by atoms with Gasteiger partial charge in [-0.05, 0) is 53.8 Å². The van der Waals surface area contributed by atoms with Crippen LogP contribution >= 0.6 is 11.3 Å². The average molecular weight is 383 g/mol. The molecule has 3 rings (SSSR count). The first-order valence-corrected chi connectivity index (χ1v) is 9.45. The lowest BCUT2D eigenvalue weighted by Gasteiger charge is -2.34. The average Bonchev–Trinajstić information content (AvgIpc) is 3.13. The summed E-state index contributed by atoms with van der Waals surface area (Å²) in [6.45, 7) is 1.28. The number of amides is 1. The molecular formula is C18H20F3N3OS. The molecule has 3 heterocycles. The molecule has 8 heteroatoms. The second-order valence-corrected chi connectivity index (χ2v) is 7.17. The normalized spacial score (nSPS) is 18.0. The summed E-state index contributed by atoms with van der Waals surface area (Å²) in [6.07, 6.45) is -0.651. The van der Waals surface area contributed by atoms with Crippen LogP contribution in [-0.4, -0.2) is 30.0 Å². The highest BCUT2D eigenvalue weighted by Gasteiger charge is 2.31. The molecule has 0 aliphatic carbocycles. The summed E-state index contributed by atoms with van der Waals surface area (Å²) < 4.78 is 37.9. The number of nitrogens with one attached hydrogen (secondary N) is 1. The van der Waals surface area contributed by atoms with E-state index in [0.29, 0.717) is 25.2 Å². The number of thiophene rings is 1. The maximum Gasteiger partial charge on any atom is 0.417 e. The number of halogens is 3. The van der Waals surface area contributed by atoms with Crippen LogP contribution in [0.3, 0.4) is 0 Å². The standard InChI is InChI=1S/C18H20F3N3OS/c19-18(20,21)14-4-5-16(22-10-14)24-8-1-2-15(11-24)23-17(25)6-3-13-7-9-26-12-13/h4-5,7,9-10,12,15H,1-3,6,8,11H2,(H,23,25)/t15-/m1/s1. The Morgan fingerprint density at radius 1 is 1.35 bits per heavy atom. The Hall–Kier alpha value is -2.09. The molecular weight excluding hydrogens is 363 g/mol. The number of alkyl halides is 3. The predicted octanol–water partition coefficient (Wildman–Crippen LogP) is 3.88. The fourth-order valence-corrected chi connectivity index (χ4v) is 3.74. The summed E-state index contributed by atoms with van der Waals surface area (Å²) in [6, 6.07) is 4.44. The lowest BCUT2D eigenvalue weighted by Crippen LogP contribution is -2.48. The third-order valence-corrected chi connectivity index (χ3v) is 5.14. The van der Waals surface area contributed by atoms with Crippen LogP contribution in [0.1, 0.15) is 30.4 Å². The highest BCUT2D eigenvalue weighted by Crippen LogP contribution is 2.29. The van der Waals surface area contributed by atoms with Crippen molar-refractivity contribution in [3.63, 3.8) is 0 Å². The maximum absolute atomic E-state index is 12.6. The van der Waals surface area contributed by atoms with Gasteiger partial charge in [-0.1, -0.05) is 0 Å². The van der Waals surface area contributed by atoms with Gasteiger partial charge in [0, 0.05) is 31.7 Å². The monoisotopic (exact) mass is 383 g/mol. The molecule has 1 amide bonds. The number of aryl methyl sites for hydroxylation is 1. The largest absolute Gasteiger partial charge is 0.417 e. The molecule has 1 aliphatic rings. The maximum atomic E-state index is 12.6. The van der Waals surface area contributed by atoms with Crippen molar-refractivity contribution in [1.82, 2.24) is 10.3 Å². The van der Waals surface area contributed by atoms with E-state index in [0.717, 1.165) is 37.2 Å². The van der Waals surface area contributed by atoms with Crippen LogP contribution in [0.2, 0.25) is 0 Å². The van der Waals surface area contributed by atoms with Crippen molar-refractivity contribution in [2.45, 2.75) is 37.9 Å². The van der Waals surface area contributed by atoms with Gasteiger partial charge in [0.25, 0.3) is 0 Å². The number of hydrogen-bond donors (Lipinski definition) is 1. The van der Waals surface area contributed by atoms with Crippen LogP contribution in [-0.2, 0) is 17.4 Å². The number of carbonyl (C=O) groups is 1. The Kier molecular flexibility index (Phi) is 5.80. The Morgan fingerprint density at radius 2 is 2.19 bits per heavy atom. The fourth-order valence-electron chi connectivity index (χ4n) is 3.04. The van der Waals surface area contributed by atoms with Crippen molar-refractivity contribution >= 4 is 23.1 Å². The van der Waals surface area contributed by atoms with Crippen LogP contribution in [0.25, 0.3) is 0 Å². The first kappa shape index (κ1) is 18.7. The van der Waals surface area contributed by atoms with Gasteiger partial charge in [-0.2, -0.15) is 24.5 Å². The van der Waals surface area contributed by atoms with E-state index in [9.17, 15) is 18.0 Å². The van der Waals surface area contributed by atoms with Crippen molar-refractivity contribution < 1.29 is 18.0 Å². The molecule has 26 heavy (non-hydrogen) atoms. The number of hydrogen-bond acceptors (Lipinski definition) is 4. The van der Waals surface area contributed by atoms with Gasteiger partial charge in [0.1, 0.15) is 5.82 Å². The van der Waals surface area contributed by atoms with Crippen LogP contribution in [0.15, 0.2) is 35.2 Å². The van der Waals surface area contributed by atoms with E-state index in [1.165, 1.54) is 6.07 Å². The SMILES string of the molecule is O=C(CCc1ccsc1)N[C@@H]1CCCN(c2ccc(C(F)(F)F)cn2)C1. The molecule has 2 aromatic rings. The number of nitrogens with zero attached hydrogens (tertiary/aromatic N) is 2. The number of anilines is 1. The van der Waals surface area contributed by atoms with Crippen LogP contribution in [0.4, 0.5) is 19.0 Å². The number of pyridine rings is 1. The summed E-state index contributed by atoms with van der Waals surface area (Å²) in [5, 5.41) is 7.05. The van der Waals surface area contributed by atoms with Crippen molar-refractivity contribution in [3.05, 3.63) is 46.3 Å². The molecule has 0 radical (unpaired) electrons. The van der Waals surface area contributed by atoms with Gasteiger partial charge >= 0.3 is 6.18 Å². The van der Waals surface area contributed by atoms with Gasteiger partial charge in [-0.15, -0.1) is 0 Å². The second-order valence-electron chi connectivity index (χ2n) is 6.39. The quantitative estimate of drug-likeness (QED) is 0.852. The number of piperidine rings is 1. The third-order valence-electron chi connectivity index (χ3n) is 4.41. The van der Waals surface area contributed by atoms with E-state index in [1.807, 2.05) is 21.7 Å². The lowest BCUT2D eigenvalue weighted by molar-refractivity contribution is -0.137. The topological polar surface area (TPSA) is 45.2 Å².